The summed E-state index contributed by atoms with van der Waals surface area (Å²) in [5, 5.41) is 3.42. The zero-order valence-corrected chi connectivity index (χ0v) is 14.2. The molecule has 1 fully saturated rings. The zero-order chi connectivity index (χ0) is 15.9. The highest BCUT2D eigenvalue weighted by Gasteiger charge is 2.23. The second kappa shape index (κ2) is 8.01. The van der Waals surface area contributed by atoms with Crippen LogP contribution in [0.5, 0.6) is 5.88 Å². The van der Waals surface area contributed by atoms with E-state index < -0.39 is 0 Å². The van der Waals surface area contributed by atoms with Gasteiger partial charge in [0, 0.05) is 31.9 Å². The van der Waals surface area contributed by atoms with Crippen molar-refractivity contribution in [1.29, 1.82) is 0 Å². The summed E-state index contributed by atoms with van der Waals surface area (Å²) in [6.07, 6.45) is 3.07. The molecule has 2 atom stereocenters. The number of methoxy groups -OCH3 is 1. The zero-order valence-electron chi connectivity index (χ0n) is 14.2. The average molecular weight is 304 g/mol. The third-order valence-electron chi connectivity index (χ3n) is 3.92. The minimum absolute atomic E-state index is 0.637. The van der Waals surface area contributed by atoms with Crippen LogP contribution in [0.15, 0.2) is 23.3 Å². The van der Waals surface area contributed by atoms with Gasteiger partial charge in [0.2, 0.25) is 5.88 Å². The van der Waals surface area contributed by atoms with Crippen LogP contribution in [0, 0.1) is 11.8 Å². The predicted octanol–water partition coefficient (Wildman–Crippen LogP) is 2.53. The Bertz CT molecular complexity index is 493. The quantitative estimate of drug-likeness (QED) is 0.686. The molecular formula is C17H28N4O. The van der Waals surface area contributed by atoms with Crippen molar-refractivity contribution in [3.63, 3.8) is 0 Å². The van der Waals surface area contributed by atoms with E-state index in [1.165, 1.54) is 6.42 Å². The SMILES string of the molecule is CCNC(=NCc1ccnc(OC)c1)N1CC(C)CC(C)C1. The van der Waals surface area contributed by atoms with E-state index in [1.807, 2.05) is 12.1 Å². The van der Waals surface area contributed by atoms with E-state index in [9.17, 15) is 0 Å². The molecule has 0 bridgehead atoms. The molecule has 2 unspecified atom stereocenters. The van der Waals surface area contributed by atoms with Gasteiger partial charge in [0.25, 0.3) is 0 Å². The fourth-order valence-electron chi connectivity index (χ4n) is 3.09. The van der Waals surface area contributed by atoms with Crippen molar-refractivity contribution in [3.05, 3.63) is 23.9 Å². The normalized spacial score (nSPS) is 22.5. The van der Waals surface area contributed by atoms with E-state index in [2.05, 4.69) is 36.0 Å². The molecule has 0 radical (unpaired) electrons. The number of piperidine rings is 1. The van der Waals surface area contributed by atoms with Gasteiger partial charge in [-0.2, -0.15) is 0 Å². The summed E-state index contributed by atoms with van der Waals surface area (Å²) < 4.78 is 5.17. The smallest absolute Gasteiger partial charge is 0.213 e. The van der Waals surface area contributed by atoms with Crippen molar-refractivity contribution in [1.82, 2.24) is 15.2 Å². The minimum Gasteiger partial charge on any atom is -0.481 e. The summed E-state index contributed by atoms with van der Waals surface area (Å²) in [6.45, 7) is 10.4. The molecule has 0 saturated carbocycles. The Balaban J connectivity index is 2.08. The van der Waals surface area contributed by atoms with E-state index in [0.29, 0.717) is 24.3 Å². The van der Waals surface area contributed by atoms with E-state index >= 15 is 0 Å². The van der Waals surface area contributed by atoms with Gasteiger partial charge >= 0.3 is 0 Å². The summed E-state index contributed by atoms with van der Waals surface area (Å²) in [5.41, 5.74) is 1.11. The van der Waals surface area contributed by atoms with Gasteiger partial charge in [0.1, 0.15) is 0 Å². The first kappa shape index (κ1) is 16.6. The highest BCUT2D eigenvalue weighted by molar-refractivity contribution is 5.80. The Morgan fingerprint density at radius 1 is 1.41 bits per heavy atom. The molecule has 1 N–H and O–H groups in total. The summed E-state index contributed by atoms with van der Waals surface area (Å²) in [7, 11) is 1.63. The molecule has 122 valence electrons. The van der Waals surface area contributed by atoms with Gasteiger partial charge in [0.05, 0.1) is 13.7 Å². The van der Waals surface area contributed by atoms with Crippen LogP contribution >= 0.6 is 0 Å². The molecule has 1 aromatic heterocycles. The van der Waals surface area contributed by atoms with Crippen LogP contribution in [-0.4, -0.2) is 42.6 Å². The van der Waals surface area contributed by atoms with Gasteiger partial charge in [0.15, 0.2) is 5.96 Å². The van der Waals surface area contributed by atoms with Gasteiger partial charge in [-0.25, -0.2) is 9.98 Å². The van der Waals surface area contributed by atoms with Gasteiger partial charge in [-0.1, -0.05) is 13.8 Å². The van der Waals surface area contributed by atoms with Crippen LogP contribution in [-0.2, 0) is 6.54 Å². The second-order valence-corrected chi connectivity index (χ2v) is 6.23. The maximum Gasteiger partial charge on any atom is 0.213 e. The molecule has 0 spiro atoms. The molecule has 22 heavy (non-hydrogen) atoms. The Hall–Kier alpha value is -1.78. The Kier molecular flexibility index (Phi) is 6.04. The topological polar surface area (TPSA) is 49.8 Å². The number of guanidine groups is 1. The highest BCUT2D eigenvalue weighted by Crippen LogP contribution is 2.21. The summed E-state index contributed by atoms with van der Waals surface area (Å²) >= 11 is 0. The number of ether oxygens (including phenoxy) is 1. The number of aromatic nitrogens is 1. The molecule has 1 aliphatic rings. The van der Waals surface area contributed by atoms with Crippen LogP contribution in [0.4, 0.5) is 0 Å². The van der Waals surface area contributed by atoms with Crippen molar-refractivity contribution >= 4 is 5.96 Å². The summed E-state index contributed by atoms with van der Waals surface area (Å²) in [6, 6.07) is 3.92. The first-order chi connectivity index (χ1) is 10.6. The fourth-order valence-corrected chi connectivity index (χ4v) is 3.09. The molecule has 2 rings (SSSR count). The number of pyridine rings is 1. The van der Waals surface area contributed by atoms with Crippen LogP contribution in [0.1, 0.15) is 32.8 Å². The molecular weight excluding hydrogens is 276 g/mol. The molecule has 2 heterocycles. The van der Waals surface area contributed by atoms with Gasteiger partial charge in [-0.3, -0.25) is 0 Å². The molecule has 1 aromatic rings. The lowest BCUT2D eigenvalue weighted by Crippen LogP contribution is -2.48. The molecule has 0 aromatic carbocycles. The number of nitrogens with one attached hydrogen (secondary N) is 1. The number of aliphatic imine (C=N–C) groups is 1. The first-order valence-corrected chi connectivity index (χ1v) is 8.14. The maximum absolute atomic E-state index is 5.17. The Morgan fingerprint density at radius 3 is 2.77 bits per heavy atom. The molecule has 5 heteroatoms. The van der Waals surface area contributed by atoms with Crippen molar-refractivity contribution in [2.75, 3.05) is 26.7 Å². The average Bonchev–Trinajstić information content (AvgIpc) is 2.50. The number of nitrogens with zero attached hydrogens (tertiary/aromatic N) is 3. The van der Waals surface area contributed by atoms with Crippen molar-refractivity contribution in [2.45, 2.75) is 33.7 Å². The van der Waals surface area contributed by atoms with Crippen LogP contribution in [0.2, 0.25) is 0 Å². The maximum atomic E-state index is 5.17. The monoisotopic (exact) mass is 304 g/mol. The third-order valence-corrected chi connectivity index (χ3v) is 3.92. The van der Waals surface area contributed by atoms with E-state index in [-0.39, 0.29) is 0 Å². The minimum atomic E-state index is 0.637. The molecule has 0 amide bonds. The Labute approximate surface area is 133 Å². The van der Waals surface area contributed by atoms with Gasteiger partial charge < -0.3 is 15.0 Å². The summed E-state index contributed by atoms with van der Waals surface area (Å²) in [4.78, 5) is 11.3. The van der Waals surface area contributed by atoms with E-state index in [1.54, 1.807) is 13.3 Å². The number of hydrogen-bond acceptors (Lipinski definition) is 3. The lowest BCUT2D eigenvalue weighted by molar-refractivity contribution is 0.208. The van der Waals surface area contributed by atoms with Gasteiger partial charge in [-0.15, -0.1) is 0 Å². The van der Waals surface area contributed by atoms with Crippen LogP contribution in [0.3, 0.4) is 0 Å². The van der Waals surface area contributed by atoms with Gasteiger partial charge in [-0.05, 0) is 36.8 Å². The standard InChI is InChI=1S/C17H28N4O/c1-5-18-17(21-11-13(2)8-14(3)12-21)20-10-15-6-7-19-16(9-15)22-4/h6-7,9,13-14H,5,8,10-12H2,1-4H3,(H,18,20). The largest absolute Gasteiger partial charge is 0.481 e. The first-order valence-electron chi connectivity index (χ1n) is 8.14. The van der Waals surface area contributed by atoms with Crippen molar-refractivity contribution in [3.8, 4) is 5.88 Å². The van der Waals surface area contributed by atoms with E-state index in [4.69, 9.17) is 9.73 Å². The van der Waals surface area contributed by atoms with Crippen molar-refractivity contribution in [2.24, 2.45) is 16.8 Å². The number of rotatable bonds is 4. The molecule has 0 aliphatic carbocycles. The Morgan fingerprint density at radius 2 is 2.14 bits per heavy atom. The number of likely N-dealkylation sites (tertiary alicyclic amines) is 1. The lowest BCUT2D eigenvalue weighted by atomic mass is 9.92. The highest BCUT2D eigenvalue weighted by atomic mass is 16.5. The second-order valence-electron chi connectivity index (χ2n) is 6.23. The molecule has 1 saturated heterocycles. The number of hydrogen-bond donors (Lipinski definition) is 1. The lowest BCUT2D eigenvalue weighted by Gasteiger charge is -2.37. The third kappa shape index (κ3) is 4.61. The van der Waals surface area contributed by atoms with E-state index in [0.717, 1.165) is 31.2 Å². The molecule has 1 aliphatic heterocycles. The fraction of sp³-hybridized carbons (Fsp3) is 0.647. The van der Waals surface area contributed by atoms with Crippen LogP contribution in [0.25, 0.3) is 0 Å². The summed E-state index contributed by atoms with van der Waals surface area (Å²) in [5.74, 6) is 3.08. The molecule has 5 nitrogen and oxygen atoms in total. The predicted molar refractivity (Wildman–Crippen MR) is 90.1 cm³/mol. The van der Waals surface area contributed by atoms with Crippen LogP contribution < -0.4 is 10.1 Å². The van der Waals surface area contributed by atoms with Crippen molar-refractivity contribution < 1.29 is 4.74 Å².